The molecule has 6 nitrogen and oxygen atoms in total. The number of piperidine rings is 1. The molecule has 24 heavy (non-hydrogen) atoms. The van der Waals surface area contributed by atoms with E-state index in [1.54, 1.807) is 0 Å². The highest BCUT2D eigenvalue weighted by molar-refractivity contribution is 7.98. The van der Waals surface area contributed by atoms with Gasteiger partial charge >= 0.3 is 0 Å². The third kappa shape index (κ3) is 6.26. The average molecular weight is 353 g/mol. The van der Waals surface area contributed by atoms with Crippen LogP contribution in [0, 0.1) is 0 Å². The van der Waals surface area contributed by atoms with E-state index in [1.807, 2.05) is 29.7 Å². The molecule has 1 aromatic rings. The monoisotopic (exact) mass is 352 g/mol. The van der Waals surface area contributed by atoms with E-state index in [-0.39, 0.29) is 0 Å². The van der Waals surface area contributed by atoms with E-state index in [9.17, 15) is 0 Å². The Morgan fingerprint density at radius 2 is 2.33 bits per heavy atom. The lowest BCUT2D eigenvalue weighted by molar-refractivity contribution is 0.468. The van der Waals surface area contributed by atoms with Crippen molar-refractivity contribution >= 4 is 23.4 Å². The summed E-state index contributed by atoms with van der Waals surface area (Å²) in [6.07, 6.45) is 11.0. The minimum Gasteiger partial charge on any atom is -0.367 e. The summed E-state index contributed by atoms with van der Waals surface area (Å²) in [5.41, 5.74) is 1.21. The standard InChI is InChI=1S/C17H32N6S/c1-4-18-17(19-9-5-6-11-24-3)21-15-8-7-10-23(13-15)16-12-20-22(2)14-16/h12,14-15H,4-11,13H2,1-3H3,(H2,18,19,21). The second-order valence-corrected chi connectivity index (χ2v) is 7.25. The van der Waals surface area contributed by atoms with Crippen molar-refractivity contribution < 1.29 is 0 Å². The van der Waals surface area contributed by atoms with E-state index in [0.29, 0.717) is 6.04 Å². The Hall–Kier alpha value is -1.37. The molecule has 7 heteroatoms. The zero-order valence-electron chi connectivity index (χ0n) is 15.3. The maximum Gasteiger partial charge on any atom is 0.191 e. The first-order chi connectivity index (χ1) is 11.7. The van der Waals surface area contributed by atoms with E-state index >= 15 is 0 Å². The summed E-state index contributed by atoms with van der Waals surface area (Å²) >= 11 is 1.91. The number of hydrogen-bond donors (Lipinski definition) is 2. The molecule has 0 aliphatic carbocycles. The molecule has 1 atom stereocenters. The van der Waals surface area contributed by atoms with Gasteiger partial charge in [-0.2, -0.15) is 16.9 Å². The number of unbranched alkanes of at least 4 members (excludes halogenated alkanes) is 1. The third-order valence-corrected chi connectivity index (χ3v) is 4.89. The van der Waals surface area contributed by atoms with Gasteiger partial charge in [-0.1, -0.05) is 0 Å². The minimum absolute atomic E-state index is 0.433. The topological polar surface area (TPSA) is 57.5 Å². The zero-order chi connectivity index (χ0) is 17.2. The molecule has 0 aromatic carbocycles. The predicted molar refractivity (Wildman–Crippen MR) is 105 cm³/mol. The Morgan fingerprint density at radius 3 is 3.04 bits per heavy atom. The van der Waals surface area contributed by atoms with Crippen LogP contribution in [0.15, 0.2) is 17.4 Å². The number of aryl methyl sites for hydroxylation is 1. The van der Waals surface area contributed by atoms with Gasteiger partial charge in [0.1, 0.15) is 0 Å². The average Bonchev–Trinajstić information content (AvgIpc) is 3.01. The molecule has 0 saturated carbocycles. The third-order valence-electron chi connectivity index (χ3n) is 4.19. The van der Waals surface area contributed by atoms with Crippen molar-refractivity contribution in [3.05, 3.63) is 12.4 Å². The molecule has 0 bridgehead atoms. The van der Waals surface area contributed by atoms with Gasteiger partial charge in [0.2, 0.25) is 0 Å². The van der Waals surface area contributed by atoms with Crippen molar-refractivity contribution in [1.29, 1.82) is 0 Å². The Kier molecular flexibility index (Phi) is 8.28. The molecule has 0 radical (unpaired) electrons. The van der Waals surface area contributed by atoms with Crippen LogP contribution in [0.4, 0.5) is 5.69 Å². The van der Waals surface area contributed by atoms with E-state index in [1.165, 1.54) is 30.7 Å². The fraction of sp³-hybridized carbons (Fsp3) is 0.765. The van der Waals surface area contributed by atoms with Crippen molar-refractivity contribution in [3.8, 4) is 0 Å². The highest BCUT2D eigenvalue weighted by atomic mass is 32.2. The molecule has 0 amide bonds. The Balaban J connectivity index is 1.84. The lowest BCUT2D eigenvalue weighted by Gasteiger charge is -2.34. The van der Waals surface area contributed by atoms with Crippen LogP contribution in [-0.2, 0) is 7.05 Å². The molecule has 0 spiro atoms. The predicted octanol–water partition coefficient (Wildman–Crippen LogP) is 2.09. The summed E-state index contributed by atoms with van der Waals surface area (Å²) in [7, 11) is 1.97. The number of aliphatic imine (C=N–C) groups is 1. The number of nitrogens with one attached hydrogen (secondary N) is 2. The van der Waals surface area contributed by atoms with Crippen LogP contribution in [0.2, 0.25) is 0 Å². The van der Waals surface area contributed by atoms with Gasteiger partial charge in [0.15, 0.2) is 5.96 Å². The number of hydrogen-bond acceptors (Lipinski definition) is 4. The van der Waals surface area contributed by atoms with Crippen molar-refractivity contribution in [2.75, 3.05) is 43.1 Å². The van der Waals surface area contributed by atoms with Crippen LogP contribution in [-0.4, -0.2) is 60.0 Å². The molecule has 2 heterocycles. The Morgan fingerprint density at radius 1 is 1.46 bits per heavy atom. The van der Waals surface area contributed by atoms with Crippen molar-refractivity contribution in [1.82, 2.24) is 20.4 Å². The zero-order valence-corrected chi connectivity index (χ0v) is 16.1. The largest absolute Gasteiger partial charge is 0.367 e. The van der Waals surface area contributed by atoms with E-state index in [2.05, 4.69) is 40.0 Å². The molecule has 2 rings (SSSR count). The molecule has 1 fully saturated rings. The number of anilines is 1. The van der Waals surface area contributed by atoms with Crippen molar-refractivity contribution in [2.45, 2.75) is 38.6 Å². The van der Waals surface area contributed by atoms with Crippen LogP contribution in [0.25, 0.3) is 0 Å². The summed E-state index contributed by atoms with van der Waals surface area (Å²) in [4.78, 5) is 7.14. The summed E-state index contributed by atoms with van der Waals surface area (Å²) in [5, 5.41) is 11.3. The summed E-state index contributed by atoms with van der Waals surface area (Å²) in [6.45, 7) is 6.02. The lowest BCUT2D eigenvalue weighted by Crippen LogP contribution is -2.51. The molecular weight excluding hydrogens is 320 g/mol. The summed E-state index contributed by atoms with van der Waals surface area (Å²) in [5.74, 6) is 2.18. The second kappa shape index (κ2) is 10.5. The normalized spacial score (nSPS) is 18.7. The second-order valence-electron chi connectivity index (χ2n) is 6.26. The summed E-state index contributed by atoms with van der Waals surface area (Å²) in [6, 6.07) is 0.433. The quantitative estimate of drug-likeness (QED) is 0.426. The first-order valence-corrected chi connectivity index (χ1v) is 10.4. The van der Waals surface area contributed by atoms with E-state index < -0.39 is 0 Å². The van der Waals surface area contributed by atoms with Crippen molar-refractivity contribution in [2.24, 2.45) is 12.0 Å². The molecule has 1 saturated heterocycles. The molecule has 1 aliphatic heterocycles. The maximum atomic E-state index is 4.73. The highest BCUT2D eigenvalue weighted by Crippen LogP contribution is 2.18. The molecule has 136 valence electrons. The number of nitrogens with zero attached hydrogens (tertiary/aromatic N) is 4. The number of rotatable bonds is 8. The van der Waals surface area contributed by atoms with Crippen molar-refractivity contribution in [3.63, 3.8) is 0 Å². The first kappa shape index (κ1) is 19.0. The fourth-order valence-electron chi connectivity index (χ4n) is 2.96. The van der Waals surface area contributed by atoms with E-state index in [0.717, 1.165) is 38.6 Å². The van der Waals surface area contributed by atoms with Crippen LogP contribution in [0.1, 0.15) is 32.6 Å². The van der Waals surface area contributed by atoms with Crippen LogP contribution in [0.3, 0.4) is 0 Å². The molecule has 1 aromatic heterocycles. The van der Waals surface area contributed by atoms with Crippen LogP contribution < -0.4 is 15.5 Å². The lowest BCUT2D eigenvalue weighted by atomic mass is 10.1. The molecule has 1 unspecified atom stereocenters. The van der Waals surface area contributed by atoms with Crippen LogP contribution in [0.5, 0.6) is 0 Å². The Labute approximate surface area is 150 Å². The fourth-order valence-corrected chi connectivity index (χ4v) is 3.46. The first-order valence-electron chi connectivity index (χ1n) is 9.00. The van der Waals surface area contributed by atoms with Gasteiger partial charge in [0, 0.05) is 45.5 Å². The maximum absolute atomic E-state index is 4.73. The van der Waals surface area contributed by atoms with Gasteiger partial charge in [-0.15, -0.1) is 0 Å². The molecule has 2 N–H and O–H groups in total. The smallest absolute Gasteiger partial charge is 0.191 e. The molecular formula is C17H32N6S. The number of aromatic nitrogens is 2. The summed E-state index contributed by atoms with van der Waals surface area (Å²) < 4.78 is 1.87. The SMILES string of the molecule is CCNC(=NCCCCSC)NC1CCCN(c2cnn(C)c2)C1. The van der Waals surface area contributed by atoms with E-state index in [4.69, 9.17) is 4.99 Å². The Bertz CT molecular complexity index is 501. The number of guanidine groups is 1. The van der Waals surface area contributed by atoms with Gasteiger partial charge in [-0.05, 0) is 44.6 Å². The van der Waals surface area contributed by atoms with Gasteiger partial charge in [-0.25, -0.2) is 0 Å². The van der Waals surface area contributed by atoms with Gasteiger partial charge in [0.05, 0.1) is 11.9 Å². The van der Waals surface area contributed by atoms with Gasteiger partial charge in [0.25, 0.3) is 0 Å². The van der Waals surface area contributed by atoms with Crippen LogP contribution >= 0.6 is 11.8 Å². The molecule has 1 aliphatic rings. The van der Waals surface area contributed by atoms with Gasteiger partial charge < -0.3 is 15.5 Å². The highest BCUT2D eigenvalue weighted by Gasteiger charge is 2.21. The van der Waals surface area contributed by atoms with Gasteiger partial charge in [-0.3, -0.25) is 9.67 Å². The minimum atomic E-state index is 0.433. The number of thioether (sulfide) groups is 1.